The van der Waals surface area contributed by atoms with Crippen molar-refractivity contribution < 1.29 is 9.18 Å². The largest absolute Gasteiger partial charge is 0.366 e. The molecular formula is C13H8FN4O. The topological polar surface area (TPSA) is 84.7 Å². The predicted molar refractivity (Wildman–Crippen MR) is 66.6 cm³/mol. The van der Waals surface area contributed by atoms with E-state index < -0.39 is 5.91 Å². The van der Waals surface area contributed by atoms with Gasteiger partial charge < -0.3 is 5.73 Å². The van der Waals surface area contributed by atoms with Crippen molar-refractivity contribution in [1.82, 2.24) is 15.2 Å². The highest BCUT2D eigenvalue weighted by Crippen LogP contribution is 2.26. The number of carbonyl (C=O) groups excluding carboxylic acids is 1. The summed E-state index contributed by atoms with van der Waals surface area (Å²) in [6.07, 6.45) is 2.59. The Morgan fingerprint density at radius 2 is 2.26 bits per heavy atom. The first kappa shape index (κ1) is 11.3. The van der Waals surface area contributed by atoms with Gasteiger partial charge in [-0.2, -0.15) is 5.10 Å². The summed E-state index contributed by atoms with van der Waals surface area (Å²) in [5.41, 5.74) is 7.38. The van der Waals surface area contributed by atoms with Crippen molar-refractivity contribution in [2.75, 3.05) is 0 Å². The van der Waals surface area contributed by atoms with Crippen LogP contribution in [0.15, 0.2) is 30.3 Å². The number of fused-ring (bicyclic) bond motifs is 1. The van der Waals surface area contributed by atoms with Gasteiger partial charge in [-0.05, 0) is 18.2 Å². The molecule has 6 heteroatoms. The van der Waals surface area contributed by atoms with Crippen molar-refractivity contribution in [3.05, 3.63) is 47.9 Å². The quantitative estimate of drug-likeness (QED) is 0.730. The Balaban J connectivity index is 2.27. The summed E-state index contributed by atoms with van der Waals surface area (Å²) >= 11 is 0. The van der Waals surface area contributed by atoms with E-state index in [0.717, 1.165) is 0 Å². The van der Waals surface area contributed by atoms with Gasteiger partial charge in [-0.15, -0.1) is 0 Å². The number of hydrogen-bond donors (Lipinski definition) is 2. The van der Waals surface area contributed by atoms with Gasteiger partial charge in [-0.3, -0.25) is 9.89 Å². The molecule has 0 unspecified atom stereocenters. The van der Waals surface area contributed by atoms with Gasteiger partial charge in [0.1, 0.15) is 17.0 Å². The molecule has 0 saturated heterocycles. The van der Waals surface area contributed by atoms with E-state index in [-0.39, 0.29) is 11.4 Å². The van der Waals surface area contributed by atoms with E-state index in [9.17, 15) is 9.18 Å². The lowest BCUT2D eigenvalue weighted by Crippen LogP contribution is -2.11. The molecule has 3 N–H and O–H groups in total. The number of H-pyrrole nitrogens is 1. The molecule has 0 spiro atoms. The second-order valence-corrected chi connectivity index (χ2v) is 3.97. The van der Waals surface area contributed by atoms with Gasteiger partial charge in [0.25, 0.3) is 5.91 Å². The minimum absolute atomic E-state index is 0.250. The van der Waals surface area contributed by atoms with Crippen LogP contribution in [0.2, 0.25) is 0 Å². The van der Waals surface area contributed by atoms with Gasteiger partial charge in [0, 0.05) is 5.56 Å². The highest BCUT2D eigenvalue weighted by Gasteiger charge is 2.15. The molecule has 2 aromatic heterocycles. The Hall–Kier alpha value is -2.76. The van der Waals surface area contributed by atoms with E-state index in [1.54, 1.807) is 12.1 Å². The summed E-state index contributed by atoms with van der Waals surface area (Å²) in [7, 11) is 0. The first-order valence-corrected chi connectivity index (χ1v) is 5.47. The molecule has 0 fully saturated rings. The molecule has 1 amide bonds. The lowest BCUT2D eigenvalue weighted by Gasteiger charge is -1.98. The van der Waals surface area contributed by atoms with Gasteiger partial charge in [0.15, 0.2) is 0 Å². The second kappa shape index (κ2) is 4.16. The molecule has 0 bridgehead atoms. The van der Waals surface area contributed by atoms with Crippen LogP contribution in [0.4, 0.5) is 4.39 Å². The number of rotatable bonds is 2. The number of aromatic amines is 1. The highest BCUT2D eigenvalue weighted by atomic mass is 19.1. The number of hydrogen-bond acceptors (Lipinski definition) is 3. The molecule has 1 aromatic carbocycles. The van der Waals surface area contributed by atoms with Crippen molar-refractivity contribution in [3.63, 3.8) is 0 Å². The third kappa shape index (κ3) is 1.83. The van der Waals surface area contributed by atoms with Crippen LogP contribution in [-0.4, -0.2) is 21.1 Å². The molecule has 5 nitrogen and oxygen atoms in total. The minimum atomic E-state index is -0.599. The molecule has 0 aliphatic heterocycles. The lowest BCUT2D eigenvalue weighted by molar-refractivity contribution is 0.100. The molecule has 1 radical (unpaired) electrons. The van der Waals surface area contributed by atoms with Crippen LogP contribution in [0, 0.1) is 12.0 Å². The number of aromatic nitrogens is 3. The zero-order valence-corrected chi connectivity index (χ0v) is 9.64. The summed E-state index contributed by atoms with van der Waals surface area (Å²) in [6.45, 7) is 0. The minimum Gasteiger partial charge on any atom is -0.366 e. The number of primary amides is 1. The summed E-state index contributed by atoms with van der Waals surface area (Å²) in [5.74, 6) is -0.971. The first-order valence-electron chi connectivity index (χ1n) is 5.47. The molecule has 0 saturated carbocycles. The summed E-state index contributed by atoms with van der Waals surface area (Å²) in [5, 5.41) is 6.77. The van der Waals surface area contributed by atoms with E-state index >= 15 is 0 Å². The van der Waals surface area contributed by atoms with Crippen LogP contribution in [0.25, 0.3) is 22.3 Å². The van der Waals surface area contributed by atoms with Crippen molar-refractivity contribution in [2.24, 2.45) is 5.73 Å². The molecular weight excluding hydrogens is 247 g/mol. The van der Waals surface area contributed by atoms with E-state index in [2.05, 4.69) is 21.4 Å². The fourth-order valence-corrected chi connectivity index (χ4v) is 1.90. The van der Waals surface area contributed by atoms with Crippen LogP contribution in [-0.2, 0) is 0 Å². The Morgan fingerprint density at radius 1 is 1.42 bits per heavy atom. The summed E-state index contributed by atoms with van der Waals surface area (Å²) < 4.78 is 13.2. The molecule has 93 valence electrons. The first-order chi connectivity index (χ1) is 9.16. The van der Waals surface area contributed by atoms with Crippen LogP contribution >= 0.6 is 0 Å². The molecule has 3 aromatic rings. The van der Waals surface area contributed by atoms with Gasteiger partial charge in [0.2, 0.25) is 0 Å². The van der Waals surface area contributed by atoms with Crippen molar-refractivity contribution >= 4 is 16.9 Å². The van der Waals surface area contributed by atoms with Gasteiger partial charge in [-0.1, -0.05) is 12.1 Å². The predicted octanol–water partition coefficient (Wildman–Crippen LogP) is 1.66. The maximum atomic E-state index is 13.2. The third-order valence-electron chi connectivity index (χ3n) is 2.76. The Morgan fingerprint density at radius 3 is 3.00 bits per heavy atom. The average Bonchev–Trinajstić information content (AvgIpc) is 2.82. The molecule has 3 rings (SSSR count). The number of carbonyl (C=O) groups is 1. The number of benzene rings is 1. The Bertz CT molecular complexity index is 781. The highest BCUT2D eigenvalue weighted by molar-refractivity contribution is 6.06. The van der Waals surface area contributed by atoms with Crippen LogP contribution in [0.3, 0.4) is 0 Å². The lowest BCUT2D eigenvalue weighted by atomic mass is 10.1. The number of nitrogens with one attached hydrogen (secondary N) is 1. The maximum absolute atomic E-state index is 13.2. The monoisotopic (exact) mass is 255 g/mol. The molecule has 0 atom stereocenters. The van der Waals surface area contributed by atoms with E-state index in [1.165, 1.54) is 18.2 Å². The van der Waals surface area contributed by atoms with Gasteiger partial charge in [0.05, 0.1) is 17.3 Å². The SMILES string of the molecule is NC(=O)c1c[c]nc2c(-c3cccc(F)c3)n[nH]c12. The van der Waals surface area contributed by atoms with Crippen LogP contribution < -0.4 is 5.73 Å². The standard InChI is InChI=1S/C13H8FN4O/c14-8-3-1-2-7(6-8)10-12-11(18-17-10)9(13(15)19)4-5-16-12/h1-4,6H,(H2,15,19)(H,17,18). The summed E-state index contributed by atoms with van der Waals surface area (Å²) in [6, 6.07) is 7.35. The fraction of sp³-hybridized carbons (Fsp3) is 0. The third-order valence-corrected chi connectivity index (χ3v) is 2.76. The summed E-state index contributed by atoms with van der Waals surface area (Å²) in [4.78, 5) is 15.3. The van der Waals surface area contributed by atoms with E-state index in [1.807, 2.05) is 0 Å². The molecule has 0 aliphatic rings. The number of nitrogens with two attached hydrogens (primary N) is 1. The second-order valence-electron chi connectivity index (χ2n) is 3.97. The fourth-order valence-electron chi connectivity index (χ4n) is 1.90. The van der Waals surface area contributed by atoms with Crippen molar-refractivity contribution in [2.45, 2.75) is 0 Å². The average molecular weight is 255 g/mol. The van der Waals surface area contributed by atoms with Gasteiger partial charge in [-0.25, -0.2) is 9.37 Å². The van der Waals surface area contributed by atoms with E-state index in [0.29, 0.717) is 22.3 Å². The molecule has 2 heterocycles. The number of nitrogens with zero attached hydrogens (tertiary/aromatic N) is 2. The number of pyridine rings is 1. The maximum Gasteiger partial charge on any atom is 0.251 e. The Labute approximate surface area is 107 Å². The van der Waals surface area contributed by atoms with Crippen molar-refractivity contribution in [3.8, 4) is 11.3 Å². The van der Waals surface area contributed by atoms with Gasteiger partial charge >= 0.3 is 0 Å². The smallest absolute Gasteiger partial charge is 0.251 e. The zero-order valence-electron chi connectivity index (χ0n) is 9.64. The molecule has 19 heavy (non-hydrogen) atoms. The van der Waals surface area contributed by atoms with Crippen LogP contribution in [0.1, 0.15) is 10.4 Å². The molecule has 0 aliphatic carbocycles. The van der Waals surface area contributed by atoms with E-state index in [4.69, 9.17) is 5.73 Å². The van der Waals surface area contributed by atoms with Crippen molar-refractivity contribution in [1.29, 1.82) is 0 Å². The number of halogens is 1. The zero-order chi connectivity index (χ0) is 13.4. The Kier molecular flexibility index (Phi) is 2.49. The number of amides is 1. The normalized spacial score (nSPS) is 10.8. The van der Waals surface area contributed by atoms with Crippen LogP contribution in [0.5, 0.6) is 0 Å².